The summed E-state index contributed by atoms with van der Waals surface area (Å²) in [4.78, 5) is 4.13. The largest absolute Gasteiger partial charge is 0.375 e. The standard InChI is InChI=1S/C13H13F2N3O3S/c14-10-5-3-9(4-6-10)8-12-16-13(21-17-12)11-2-1-7-18(11)22(15,19)20/h3-6,11H,1-2,7-8H2. The molecule has 0 amide bonds. The van der Waals surface area contributed by atoms with Crippen molar-refractivity contribution in [1.82, 2.24) is 14.4 Å². The van der Waals surface area contributed by atoms with Gasteiger partial charge in [0.2, 0.25) is 5.89 Å². The maximum Gasteiger partial charge on any atom is 0.375 e. The van der Waals surface area contributed by atoms with Crippen LogP contribution in [0.4, 0.5) is 8.28 Å². The summed E-state index contributed by atoms with van der Waals surface area (Å²) < 4.78 is 54.0. The molecule has 1 aliphatic heterocycles. The fourth-order valence-corrected chi connectivity index (χ4v) is 3.35. The number of rotatable bonds is 4. The molecule has 1 saturated heterocycles. The van der Waals surface area contributed by atoms with Gasteiger partial charge in [-0.25, -0.2) is 4.39 Å². The Bertz CT molecular complexity index is 761. The van der Waals surface area contributed by atoms with E-state index in [-0.39, 0.29) is 18.3 Å². The van der Waals surface area contributed by atoms with Crippen LogP contribution in [0.5, 0.6) is 0 Å². The Labute approximate surface area is 126 Å². The summed E-state index contributed by atoms with van der Waals surface area (Å²) in [5.74, 6) is 0.0767. The summed E-state index contributed by atoms with van der Waals surface area (Å²) >= 11 is 0. The van der Waals surface area contributed by atoms with Crippen molar-refractivity contribution in [3.05, 3.63) is 47.4 Å². The smallest absolute Gasteiger partial charge is 0.338 e. The van der Waals surface area contributed by atoms with Gasteiger partial charge < -0.3 is 4.52 Å². The van der Waals surface area contributed by atoms with Crippen molar-refractivity contribution < 1.29 is 21.2 Å². The molecule has 2 aromatic rings. The number of hydrogen-bond acceptors (Lipinski definition) is 5. The molecular formula is C13H13F2N3O3S. The molecule has 6 nitrogen and oxygen atoms in total. The van der Waals surface area contributed by atoms with Gasteiger partial charge in [0.25, 0.3) is 0 Å². The summed E-state index contributed by atoms with van der Waals surface area (Å²) in [6, 6.07) is 5.08. The van der Waals surface area contributed by atoms with Gasteiger partial charge in [-0.15, -0.1) is 0 Å². The topological polar surface area (TPSA) is 76.3 Å². The molecule has 0 aliphatic carbocycles. The summed E-state index contributed by atoms with van der Waals surface area (Å²) in [5.41, 5.74) is 0.787. The normalized spacial score (nSPS) is 19.6. The molecule has 2 heterocycles. The molecule has 0 N–H and O–H groups in total. The second kappa shape index (κ2) is 5.73. The molecule has 22 heavy (non-hydrogen) atoms. The van der Waals surface area contributed by atoms with Crippen LogP contribution in [0.3, 0.4) is 0 Å². The molecule has 0 saturated carbocycles. The van der Waals surface area contributed by atoms with Gasteiger partial charge in [0.05, 0.1) is 0 Å². The molecule has 1 aliphatic rings. The van der Waals surface area contributed by atoms with Crippen LogP contribution in [0.2, 0.25) is 0 Å². The number of aromatic nitrogens is 2. The zero-order valence-corrected chi connectivity index (χ0v) is 12.3. The van der Waals surface area contributed by atoms with E-state index in [1.165, 1.54) is 12.1 Å². The van der Waals surface area contributed by atoms with Gasteiger partial charge in [-0.3, -0.25) is 0 Å². The van der Waals surface area contributed by atoms with Gasteiger partial charge in [-0.1, -0.05) is 21.2 Å². The zero-order chi connectivity index (χ0) is 15.7. The Morgan fingerprint density at radius 1 is 1.32 bits per heavy atom. The lowest BCUT2D eigenvalue weighted by Crippen LogP contribution is -2.27. The molecule has 1 atom stereocenters. The van der Waals surface area contributed by atoms with Gasteiger partial charge in [0, 0.05) is 13.0 Å². The van der Waals surface area contributed by atoms with Crippen LogP contribution in [0.15, 0.2) is 28.8 Å². The first kappa shape index (κ1) is 15.0. The van der Waals surface area contributed by atoms with E-state index < -0.39 is 16.5 Å². The van der Waals surface area contributed by atoms with Crippen LogP contribution in [0, 0.1) is 5.82 Å². The minimum atomic E-state index is -4.79. The summed E-state index contributed by atoms with van der Waals surface area (Å²) in [6.45, 7) is 0.0964. The monoisotopic (exact) mass is 329 g/mol. The average Bonchev–Trinajstić information content (AvgIpc) is 3.09. The maximum absolute atomic E-state index is 13.2. The molecule has 0 bridgehead atoms. The Morgan fingerprint density at radius 2 is 2.05 bits per heavy atom. The Morgan fingerprint density at radius 3 is 2.73 bits per heavy atom. The van der Waals surface area contributed by atoms with Crippen molar-refractivity contribution in [2.24, 2.45) is 0 Å². The quantitative estimate of drug-likeness (QED) is 0.803. The van der Waals surface area contributed by atoms with E-state index in [0.717, 1.165) is 9.87 Å². The predicted molar refractivity (Wildman–Crippen MR) is 72.2 cm³/mol. The van der Waals surface area contributed by atoms with Crippen LogP contribution >= 0.6 is 0 Å². The molecule has 118 valence electrons. The van der Waals surface area contributed by atoms with Crippen LogP contribution in [0.25, 0.3) is 0 Å². The van der Waals surface area contributed by atoms with Crippen LogP contribution in [0.1, 0.15) is 36.2 Å². The van der Waals surface area contributed by atoms with E-state index in [9.17, 15) is 16.7 Å². The first-order valence-corrected chi connectivity index (χ1v) is 8.06. The highest BCUT2D eigenvalue weighted by atomic mass is 32.3. The Hall–Kier alpha value is -1.87. The lowest BCUT2D eigenvalue weighted by Gasteiger charge is -2.15. The summed E-state index contributed by atoms with van der Waals surface area (Å²) in [5, 5.41) is 3.77. The SMILES string of the molecule is O=S(=O)(F)N1CCCC1c1nc(Cc2ccc(F)cc2)no1. The third-order valence-corrected chi connectivity index (χ3v) is 4.53. The fraction of sp³-hybridized carbons (Fsp3) is 0.385. The third-order valence-electron chi connectivity index (χ3n) is 3.53. The molecule has 1 fully saturated rings. The number of nitrogens with zero attached hydrogens (tertiary/aromatic N) is 3. The number of halogens is 2. The summed E-state index contributed by atoms with van der Waals surface area (Å²) in [7, 11) is -4.79. The van der Waals surface area contributed by atoms with E-state index in [0.29, 0.717) is 25.1 Å². The van der Waals surface area contributed by atoms with Gasteiger partial charge in [-0.05, 0) is 30.5 Å². The second-order valence-corrected chi connectivity index (χ2v) is 6.36. The van der Waals surface area contributed by atoms with E-state index in [4.69, 9.17) is 4.52 Å². The zero-order valence-electron chi connectivity index (χ0n) is 11.4. The van der Waals surface area contributed by atoms with Gasteiger partial charge in [0.1, 0.15) is 11.9 Å². The van der Waals surface area contributed by atoms with Crippen LogP contribution in [-0.4, -0.2) is 29.4 Å². The van der Waals surface area contributed by atoms with E-state index in [2.05, 4.69) is 10.1 Å². The van der Waals surface area contributed by atoms with Crippen molar-refractivity contribution in [2.75, 3.05) is 6.54 Å². The van der Waals surface area contributed by atoms with Crippen molar-refractivity contribution in [3.63, 3.8) is 0 Å². The molecule has 1 aromatic heterocycles. The lowest BCUT2D eigenvalue weighted by molar-refractivity contribution is 0.282. The number of benzene rings is 1. The molecule has 1 unspecified atom stereocenters. The van der Waals surface area contributed by atoms with Crippen molar-refractivity contribution >= 4 is 10.4 Å². The highest BCUT2D eigenvalue weighted by molar-refractivity contribution is 7.84. The van der Waals surface area contributed by atoms with Gasteiger partial charge in [-0.2, -0.15) is 17.7 Å². The first-order valence-electron chi connectivity index (χ1n) is 6.72. The first-order chi connectivity index (χ1) is 10.4. The van der Waals surface area contributed by atoms with Crippen LogP contribution < -0.4 is 0 Å². The molecule has 9 heteroatoms. The van der Waals surface area contributed by atoms with E-state index in [1.807, 2.05) is 0 Å². The highest BCUT2D eigenvalue weighted by Crippen LogP contribution is 2.33. The Kier molecular flexibility index (Phi) is 3.92. The highest BCUT2D eigenvalue weighted by Gasteiger charge is 2.38. The fourth-order valence-electron chi connectivity index (χ4n) is 2.51. The molecule has 3 rings (SSSR count). The van der Waals surface area contributed by atoms with E-state index in [1.54, 1.807) is 12.1 Å². The predicted octanol–water partition coefficient (Wildman–Crippen LogP) is 2.15. The summed E-state index contributed by atoms with van der Waals surface area (Å²) in [6.07, 6.45) is 1.28. The minimum Gasteiger partial charge on any atom is -0.338 e. The van der Waals surface area contributed by atoms with Crippen molar-refractivity contribution in [2.45, 2.75) is 25.3 Å². The number of hydrogen-bond donors (Lipinski definition) is 0. The average molecular weight is 329 g/mol. The lowest BCUT2D eigenvalue weighted by atomic mass is 10.1. The molecule has 0 spiro atoms. The second-order valence-electron chi connectivity index (χ2n) is 5.06. The van der Waals surface area contributed by atoms with Gasteiger partial charge >= 0.3 is 10.4 Å². The van der Waals surface area contributed by atoms with Gasteiger partial charge in [0.15, 0.2) is 5.82 Å². The Balaban J connectivity index is 1.77. The molecule has 0 radical (unpaired) electrons. The van der Waals surface area contributed by atoms with E-state index >= 15 is 0 Å². The minimum absolute atomic E-state index is 0.0795. The van der Waals surface area contributed by atoms with Crippen molar-refractivity contribution in [1.29, 1.82) is 0 Å². The molecule has 1 aromatic carbocycles. The van der Waals surface area contributed by atoms with Crippen LogP contribution in [-0.2, 0) is 16.8 Å². The molecular weight excluding hydrogens is 316 g/mol. The third kappa shape index (κ3) is 3.14. The van der Waals surface area contributed by atoms with Crippen molar-refractivity contribution in [3.8, 4) is 0 Å². The maximum atomic E-state index is 13.2.